The third kappa shape index (κ3) is 4.71. The first-order chi connectivity index (χ1) is 13.0. The number of amides is 1. The van der Waals surface area contributed by atoms with E-state index in [4.69, 9.17) is 0 Å². The molecule has 1 aromatic rings. The SMILES string of the molecule is CN(Cc1ccc(OC(F)(F)F)cc1)C(=O)C1=CC=CN2CCS(=O)(=O)N=C12. The monoisotopic (exact) mass is 415 g/mol. The first kappa shape index (κ1) is 19.9. The molecule has 0 aromatic heterocycles. The summed E-state index contributed by atoms with van der Waals surface area (Å²) < 4.78 is 67.7. The molecular weight excluding hydrogens is 399 g/mol. The number of nitrogens with zero attached hydrogens (tertiary/aromatic N) is 3. The van der Waals surface area contributed by atoms with Gasteiger partial charge in [-0.2, -0.15) is 0 Å². The second kappa shape index (κ2) is 7.30. The molecule has 11 heteroatoms. The number of fused-ring (bicyclic) bond motifs is 1. The predicted molar refractivity (Wildman–Crippen MR) is 94.7 cm³/mol. The Kier molecular flexibility index (Phi) is 5.20. The normalized spacial score (nSPS) is 18.1. The van der Waals surface area contributed by atoms with E-state index in [-0.39, 0.29) is 36.0 Å². The first-order valence-electron chi connectivity index (χ1n) is 8.12. The van der Waals surface area contributed by atoms with Gasteiger partial charge in [-0.15, -0.1) is 17.6 Å². The van der Waals surface area contributed by atoms with Crippen LogP contribution < -0.4 is 4.74 Å². The molecule has 2 aliphatic rings. The lowest BCUT2D eigenvalue weighted by Crippen LogP contribution is -2.42. The average Bonchev–Trinajstić information content (AvgIpc) is 2.60. The number of carbonyl (C=O) groups excluding carboxylic acids is 1. The fourth-order valence-electron chi connectivity index (χ4n) is 2.73. The summed E-state index contributed by atoms with van der Waals surface area (Å²) in [7, 11) is -2.13. The van der Waals surface area contributed by atoms with Crippen molar-refractivity contribution in [2.24, 2.45) is 4.40 Å². The Balaban J connectivity index is 1.73. The summed E-state index contributed by atoms with van der Waals surface area (Å²) in [6.45, 7) is 0.304. The standard InChI is InChI=1S/C17H16F3N3O4S/c1-22(11-12-4-6-13(7-5-12)27-17(18,19)20)16(24)14-3-2-8-23-9-10-28(25,26)21-15(14)23/h2-8H,9-11H2,1H3. The molecule has 0 saturated heterocycles. The van der Waals surface area contributed by atoms with Crippen LogP contribution in [0.3, 0.4) is 0 Å². The maximum absolute atomic E-state index is 12.8. The maximum Gasteiger partial charge on any atom is 0.573 e. The van der Waals surface area contributed by atoms with Crippen LogP contribution >= 0.6 is 0 Å². The van der Waals surface area contributed by atoms with E-state index in [2.05, 4.69) is 9.13 Å². The van der Waals surface area contributed by atoms with Crippen molar-refractivity contribution in [3.8, 4) is 5.75 Å². The number of hydrogen-bond acceptors (Lipinski definition) is 5. The van der Waals surface area contributed by atoms with Crippen LogP contribution in [0.1, 0.15) is 5.56 Å². The fraction of sp³-hybridized carbons (Fsp3) is 0.294. The third-order valence-corrected chi connectivity index (χ3v) is 5.16. The number of benzene rings is 1. The van der Waals surface area contributed by atoms with E-state index in [1.165, 1.54) is 30.2 Å². The number of carbonyl (C=O) groups is 1. The second-order valence-electron chi connectivity index (χ2n) is 6.17. The molecule has 0 unspecified atom stereocenters. The zero-order chi connectivity index (χ0) is 20.5. The second-order valence-corrected chi connectivity index (χ2v) is 7.92. The topological polar surface area (TPSA) is 79.3 Å². The van der Waals surface area contributed by atoms with E-state index < -0.39 is 22.3 Å². The molecule has 1 amide bonds. The van der Waals surface area contributed by atoms with E-state index in [1.54, 1.807) is 17.2 Å². The average molecular weight is 415 g/mol. The van der Waals surface area contributed by atoms with Crippen molar-refractivity contribution >= 4 is 21.8 Å². The van der Waals surface area contributed by atoms with Crippen molar-refractivity contribution in [2.45, 2.75) is 12.9 Å². The van der Waals surface area contributed by atoms with E-state index >= 15 is 0 Å². The molecular formula is C17H16F3N3O4S. The molecule has 150 valence electrons. The zero-order valence-corrected chi connectivity index (χ0v) is 15.5. The van der Waals surface area contributed by atoms with Gasteiger partial charge in [-0.1, -0.05) is 12.1 Å². The van der Waals surface area contributed by atoms with Crippen molar-refractivity contribution in [3.05, 3.63) is 53.8 Å². The van der Waals surface area contributed by atoms with Crippen LogP contribution in [-0.2, 0) is 21.4 Å². The van der Waals surface area contributed by atoms with E-state index in [0.29, 0.717) is 5.56 Å². The van der Waals surface area contributed by atoms with Gasteiger partial charge in [0, 0.05) is 26.3 Å². The molecule has 7 nitrogen and oxygen atoms in total. The summed E-state index contributed by atoms with van der Waals surface area (Å²) in [6.07, 6.45) is -0.0254. The minimum Gasteiger partial charge on any atom is -0.406 e. The molecule has 0 aliphatic carbocycles. The molecule has 0 N–H and O–H groups in total. The number of halogens is 3. The number of hydrogen-bond donors (Lipinski definition) is 0. The highest BCUT2D eigenvalue weighted by molar-refractivity contribution is 7.90. The van der Waals surface area contributed by atoms with Gasteiger partial charge in [0.25, 0.3) is 15.9 Å². The number of amidine groups is 1. The smallest absolute Gasteiger partial charge is 0.406 e. The lowest BCUT2D eigenvalue weighted by Gasteiger charge is -2.30. The van der Waals surface area contributed by atoms with Crippen LogP contribution in [0.2, 0.25) is 0 Å². The van der Waals surface area contributed by atoms with E-state index in [9.17, 15) is 26.4 Å². The Labute approximate surface area is 159 Å². The molecule has 0 spiro atoms. The summed E-state index contributed by atoms with van der Waals surface area (Å²) in [5, 5.41) is 0. The lowest BCUT2D eigenvalue weighted by molar-refractivity contribution is -0.274. The maximum atomic E-state index is 12.8. The van der Waals surface area contributed by atoms with Crippen LogP contribution in [0, 0.1) is 0 Å². The van der Waals surface area contributed by atoms with Crippen molar-refractivity contribution in [1.82, 2.24) is 9.80 Å². The van der Waals surface area contributed by atoms with Crippen LogP contribution in [0.15, 0.2) is 52.6 Å². The van der Waals surface area contributed by atoms with Gasteiger partial charge in [-0.25, -0.2) is 8.42 Å². The highest BCUT2D eigenvalue weighted by atomic mass is 32.2. The number of sulfonamides is 1. The number of alkyl halides is 3. The number of rotatable bonds is 4. The number of likely N-dealkylation sites (N-methyl/N-ethyl adjacent to an activating group) is 1. The Morgan fingerprint density at radius 1 is 1.29 bits per heavy atom. The van der Waals surface area contributed by atoms with E-state index in [0.717, 1.165) is 12.1 Å². The molecule has 28 heavy (non-hydrogen) atoms. The number of ether oxygens (including phenoxy) is 1. The largest absolute Gasteiger partial charge is 0.573 e. The van der Waals surface area contributed by atoms with Crippen molar-refractivity contribution in [1.29, 1.82) is 0 Å². The predicted octanol–water partition coefficient (Wildman–Crippen LogP) is 2.04. The molecule has 1 aromatic carbocycles. The highest BCUT2D eigenvalue weighted by Crippen LogP contribution is 2.24. The Morgan fingerprint density at radius 2 is 1.96 bits per heavy atom. The van der Waals surface area contributed by atoms with Crippen LogP contribution in [0.25, 0.3) is 0 Å². The molecule has 0 atom stereocenters. The van der Waals surface area contributed by atoms with Crippen molar-refractivity contribution < 1.29 is 31.1 Å². The molecule has 2 heterocycles. The third-order valence-electron chi connectivity index (χ3n) is 4.01. The molecule has 2 aliphatic heterocycles. The van der Waals surface area contributed by atoms with Gasteiger partial charge in [-0.3, -0.25) is 4.79 Å². The summed E-state index contributed by atoms with van der Waals surface area (Å²) in [4.78, 5) is 15.7. The van der Waals surface area contributed by atoms with Gasteiger partial charge in [0.1, 0.15) is 5.75 Å². The molecule has 3 rings (SSSR count). The van der Waals surface area contributed by atoms with Gasteiger partial charge in [0.15, 0.2) is 5.84 Å². The first-order valence-corrected chi connectivity index (χ1v) is 9.73. The van der Waals surface area contributed by atoms with Crippen molar-refractivity contribution in [2.75, 3.05) is 19.3 Å². The zero-order valence-electron chi connectivity index (χ0n) is 14.7. The Bertz CT molecular complexity index is 966. The van der Waals surface area contributed by atoms with Crippen LogP contribution in [0.5, 0.6) is 5.75 Å². The summed E-state index contributed by atoms with van der Waals surface area (Å²) in [5.41, 5.74) is 0.706. The Hall–Kier alpha value is -2.82. The summed E-state index contributed by atoms with van der Waals surface area (Å²) in [6, 6.07) is 5.14. The molecule has 0 saturated carbocycles. The van der Waals surface area contributed by atoms with Gasteiger partial charge >= 0.3 is 6.36 Å². The summed E-state index contributed by atoms with van der Waals surface area (Å²) >= 11 is 0. The Morgan fingerprint density at radius 3 is 2.61 bits per heavy atom. The minimum absolute atomic E-state index is 0.0690. The quantitative estimate of drug-likeness (QED) is 0.752. The molecule has 0 radical (unpaired) electrons. The van der Waals surface area contributed by atoms with Gasteiger partial charge in [-0.05, 0) is 29.8 Å². The van der Waals surface area contributed by atoms with Crippen molar-refractivity contribution in [3.63, 3.8) is 0 Å². The summed E-state index contributed by atoms with van der Waals surface area (Å²) in [5.74, 6) is -0.882. The lowest BCUT2D eigenvalue weighted by atomic mass is 10.1. The van der Waals surface area contributed by atoms with Crippen LogP contribution in [0.4, 0.5) is 13.2 Å². The molecule has 0 bridgehead atoms. The van der Waals surface area contributed by atoms with E-state index in [1.807, 2.05) is 0 Å². The number of allylic oxidation sites excluding steroid dienone is 2. The van der Waals surface area contributed by atoms with Gasteiger partial charge in [0.05, 0.1) is 11.3 Å². The minimum atomic E-state index is -4.78. The highest BCUT2D eigenvalue weighted by Gasteiger charge is 2.32. The fourth-order valence-corrected chi connectivity index (χ4v) is 3.72. The molecule has 0 fully saturated rings. The van der Waals surface area contributed by atoms with Gasteiger partial charge < -0.3 is 14.5 Å². The van der Waals surface area contributed by atoms with Crippen LogP contribution in [-0.4, -0.2) is 55.7 Å². The van der Waals surface area contributed by atoms with Gasteiger partial charge in [0.2, 0.25) is 0 Å².